The molecule has 1 aromatic carbocycles. The van der Waals surface area contributed by atoms with Crippen molar-refractivity contribution >= 4 is 17.7 Å². The van der Waals surface area contributed by atoms with Gasteiger partial charge in [0, 0.05) is 20.6 Å². The van der Waals surface area contributed by atoms with Gasteiger partial charge in [-0.3, -0.25) is 4.79 Å². The highest BCUT2D eigenvalue weighted by molar-refractivity contribution is 8.00. The van der Waals surface area contributed by atoms with Crippen LogP contribution in [0.25, 0.3) is 0 Å². The summed E-state index contributed by atoms with van der Waals surface area (Å²) in [5.74, 6) is 0.930. The third kappa shape index (κ3) is 3.85. The molecule has 0 N–H and O–H groups in total. The summed E-state index contributed by atoms with van der Waals surface area (Å²) in [7, 11) is 3.73. The SMILES string of the molecule is Cc1nnc(S[C@@H](C)C(=O)N(C)Cc2ccccc2)n1C. The van der Waals surface area contributed by atoms with Gasteiger partial charge in [0.15, 0.2) is 5.16 Å². The second-order valence-corrected chi connectivity index (χ2v) is 6.34. The summed E-state index contributed by atoms with van der Waals surface area (Å²) in [5, 5.41) is 8.67. The Morgan fingerprint density at radius 3 is 2.57 bits per heavy atom. The largest absolute Gasteiger partial charge is 0.340 e. The van der Waals surface area contributed by atoms with Gasteiger partial charge in [-0.1, -0.05) is 42.1 Å². The fourth-order valence-corrected chi connectivity index (χ4v) is 2.92. The number of nitrogens with zero attached hydrogens (tertiary/aromatic N) is 4. The van der Waals surface area contributed by atoms with Crippen molar-refractivity contribution in [2.24, 2.45) is 7.05 Å². The van der Waals surface area contributed by atoms with Gasteiger partial charge in [-0.15, -0.1) is 10.2 Å². The maximum atomic E-state index is 12.4. The standard InChI is InChI=1S/C15H20N4OS/c1-11(21-15-17-16-12(2)19(15)4)14(20)18(3)10-13-8-6-5-7-9-13/h5-9,11H,10H2,1-4H3/t11-/m0/s1. The van der Waals surface area contributed by atoms with E-state index in [2.05, 4.69) is 10.2 Å². The van der Waals surface area contributed by atoms with Crippen LogP contribution < -0.4 is 0 Å². The number of hydrogen-bond donors (Lipinski definition) is 0. The monoisotopic (exact) mass is 304 g/mol. The maximum Gasteiger partial charge on any atom is 0.235 e. The first-order chi connectivity index (χ1) is 9.99. The second-order valence-electron chi connectivity index (χ2n) is 5.03. The second kappa shape index (κ2) is 6.76. The summed E-state index contributed by atoms with van der Waals surface area (Å²) < 4.78 is 1.89. The van der Waals surface area contributed by atoms with Crippen LogP contribution >= 0.6 is 11.8 Å². The Labute approximate surface area is 129 Å². The molecule has 5 nitrogen and oxygen atoms in total. The Morgan fingerprint density at radius 1 is 1.33 bits per heavy atom. The molecule has 0 bridgehead atoms. The fraction of sp³-hybridized carbons (Fsp3) is 0.400. The molecule has 21 heavy (non-hydrogen) atoms. The molecule has 6 heteroatoms. The molecule has 2 aromatic rings. The van der Waals surface area contributed by atoms with Gasteiger partial charge in [0.1, 0.15) is 5.82 Å². The van der Waals surface area contributed by atoms with Crippen molar-refractivity contribution in [2.45, 2.75) is 30.8 Å². The third-order valence-corrected chi connectivity index (χ3v) is 4.44. The minimum atomic E-state index is -0.194. The van der Waals surface area contributed by atoms with E-state index in [0.717, 1.165) is 16.5 Å². The minimum Gasteiger partial charge on any atom is -0.340 e. The van der Waals surface area contributed by atoms with Gasteiger partial charge in [0.05, 0.1) is 5.25 Å². The van der Waals surface area contributed by atoms with E-state index in [-0.39, 0.29) is 11.2 Å². The van der Waals surface area contributed by atoms with E-state index >= 15 is 0 Å². The Kier molecular flexibility index (Phi) is 5.01. The molecule has 1 amide bonds. The molecule has 0 radical (unpaired) electrons. The van der Waals surface area contributed by atoms with E-state index in [1.807, 2.05) is 62.8 Å². The van der Waals surface area contributed by atoms with Gasteiger partial charge >= 0.3 is 0 Å². The number of amides is 1. The lowest BCUT2D eigenvalue weighted by Crippen LogP contribution is -2.32. The number of rotatable bonds is 5. The summed E-state index contributed by atoms with van der Waals surface area (Å²) in [6.45, 7) is 4.41. The highest BCUT2D eigenvalue weighted by Gasteiger charge is 2.21. The summed E-state index contributed by atoms with van der Waals surface area (Å²) in [5.41, 5.74) is 1.13. The first-order valence-corrected chi connectivity index (χ1v) is 7.68. The topological polar surface area (TPSA) is 51.0 Å². The van der Waals surface area contributed by atoms with E-state index in [1.165, 1.54) is 11.8 Å². The number of hydrogen-bond acceptors (Lipinski definition) is 4. The number of carbonyl (C=O) groups excluding carboxylic acids is 1. The molecule has 0 fully saturated rings. The van der Waals surface area contributed by atoms with Crippen LogP contribution in [0.15, 0.2) is 35.5 Å². The summed E-state index contributed by atoms with van der Waals surface area (Å²) in [6, 6.07) is 9.98. The molecule has 1 heterocycles. The van der Waals surface area contributed by atoms with Crippen LogP contribution in [0, 0.1) is 6.92 Å². The van der Waals surface area contributed by atoms with Gasteiger partial charge in [-0.25, -0.2) is 0 Å². The van der Waals surface area contributed by atoms with Crippen molar-refractivity contribution in [3.8, 4) is 0 Å². The Bertz CT molecular complexity index is 611. The highest BCUT2D eigenvalue weighted by atomic mass is 32.2. The Hall–Kier alpha value is -1.82. The minimum absolute atomic E-state index is 0.0875. The number of benzene rings is 1. The number of thioether (sulfide) groups is 1. The maximum absolute atomic E-state index is 12.4. The van der Waals surface area contributed by atoms with Crippen molar-refractivity contribution in [2.75, 3.05) is 7.05 Å². The van der Waals surface area contributed by atoms with E-state index in [9.17, 15) is 4.79 Å². The molecule has 2 rings (SSSR count). The molecule has 1 aromatic heterocycles. The molecule has 0 aliphatic carbocycles. The molecule has 0 saturated heterocycles. The van der Waals surface area contributed by atoms with Crippen molar-refractivity contribution < 1.29 is 4.79 Å². The van der Waals surface area contributed by atoms with E-state index < -0.39 is 0 Å². The third-order valence-electron chi connectivity index (χ3n) is 3.32. The molecule has 0 saturated carbocycles. The quantitative estimate of drug-likeness (QED) is 0.795. The average molecular weight is 304 g/mol. The van der Waals surface area contributed by atoms with Crippen LogP contribution in [0.5, 0.6) is 0 Å². The van der Waals surface area contributed by atoms with Crippen LogP contribution in [0.1, 0.15) is 18.3 Å². The lowest BCUT2D eigenvalue weighted by Gasteiger charge is -2.21. The van der Waals surface area contributed by atoms with E-state index in [4.69, 9.17) is 0 Å². The Balaban J connectivity index is 1.97. The van der Waals surface area contributed by atoms with Crippen molar-refractivity contribution in [3.05, 3.63) is 41.7 Å². The van der Waals surface area contributed by atoms with Crippen LogP contribution in [-0.2, 0) is 18.4 Å². The van der Waals surface area contributed by atoms with Crippen molar-refractivity contribution in [1.29, 1.82) is 0 Å². The molecule has 0 spiro atoms. The zero-order valence-electron chi connectivity index (χ0n) is 12.8. The molecule has 112 valence electrons. The van der Waals surface area contributed by atoms with Gasteiger partial charge in [0.2, 0.25) is 5.91 Å². The first kappa shape index (κ1) is 15.6. The predicted molar refractivity (Wildman–Crippen MR) is 84.0 cm³/mol. The van der Waals surface area contributed by atoms with Gasteiger partial charge in [0.25, 0.3) is 0 Å². The summed E-state index contributed by atoms with van der Waals surface area (Å²) in [6.07, 6.45) is 0. The van der Waals surface area contributed by atoms with Crippen molar-refractivity contribution in [1.82, 2.24) is 19.7 Å². The van der Waals surface area contributed by atoms with Gasteiger partial charge in [-0.05, 0) is 19.4 Å². The number of aryl methyl sites for hydroxylation is 1. The summed E-state index contributed by atoms with van der Waals surface area (Å²) >= 11 is 1.44. The molecule has 0 unspecified atom stereocenters. The molecule has 0 aliphatic heterocycles. The Morgan fingerprint density at radius 2 is 2.00 bits per heavy atom. The normalized spacial score (nSPS) is 12.2. The molecule has 0 aliphatic rings. The number of aromatic nitrogens is 3. The van der Waals surface area contributed by atoms with Crippen molar-refractivity contribution in [3.63, 3.8) is 0 Å². The smallest absolute Gasteiger partial charge is 0.235 e. The molecular weight excluding hydrogens is 284 g/mol. The summed E-state index contributed by atoms with van der Waals surface area (Å²) in [4.78, 5) is 14.2. The molecular formula is C15H20N4OS. The average Bonchev–Trinajstić information content (AvgIpc) is 2.79. The highest BCUT2D eigenvalue weighted by Crippen LogP contribution is 2.22. The van der Waals surface area contributed by atoms with E-state index in [0.29, 0.717) is 6.54 Å². The molecule has 1 atom stereocenters. The first-order valence-electron chi connectivity index (χ1n) is 6.80. The predicted octanol–water partition coefficient (Wildman–Crippen LogP) is 2.26. The van der Waals surface area contributed by atoms with Crippen LogP contribution in [0.3, 0.4) is 0 Å². The number of carbonyl (C=O) groups is 1. The van der Waals surface area contributed by atoms with Crippen LogP contribution in [0.2, 0.25) is 0 Å². The fourth-order valence-electron chi connectivity index (χ4n) is 1.94. The van der Waals surface area contributed by atoms with E-state index in [1.54, 1.807) is 4.90 Å². The van der Waals surface area contributed by atoms with Crippen LogP contribution in [0.4, 0.5) is 0 Å². The zero-order valence-corrected chi connectivity index (χ0v) is 13.6. The lowest BCUT2D eigenvalue weighted by atomic mass is 10.2. The van der Waals surface area contributed by atoms with Gasteiger partial charge in [-0.2, -0.15) is 0 Å². The zero-order chi connectivity index (χ0) is 15.4. The lowest BCUT2D eigenvalue weighted by molar-refractivity contribution is -0.129. The van der Waals surface area contributed by atoms with Crippen LogP contribution in [-0.4, -0.2) is 37.9 Å². The van der Waals surface area contributed by atoms with Gasteiger partial charge < -0.3 is 9.47 Å².